The number of nitrogens with one attached hydrogen (secondary N) is 1. The first-order valence-corrected chi connectivity index (χ1v) is 5.66. The number of H-pyrrole nitrogens is 1. The number of likely N-dealkylation sites (tertiary alicyclic amines) is 1. The highest BCUT2D eigenvalue weighted by atomic mass is 16.1. The van der Waals surface area contributed by atoms with Crippen molar-refractivity contribution in [2.75, 3.05) is 6.54 Å². The molecular formula is C13H14N2O. The lowest BCUT2D eigenvalue weighted by atomic mass is 10.0. The number of carbonyl (C=O) groups is 1. The molecule has 2 heterocycles. The molecule has 0 aliphatic carbocycles. The smallest absolute Gasteiger partial charge is 0.210 e. The van der Waals surface area contributed by atoms with E-state index in [0.717, 1.165) is 31.3 Å². The summed E-state index contributed by atoms with van der Waals surface area (Å²) in [6.07, 6.45) is 5.10. The Bertz CT molecular complexity index is 517. The molecule has 1 atom stereocenters. The minimum Gasteiger partial charge on any atom is -0.361 e. The van der Waals surface area contributed by atoms with E-state index < -0.39 is 0 Å². The predicted molar refractivity (Wildman–Crippen MR) is 63.0 cm³/mol. The first kappa shape index (κ1) is 9.46. The quantitative estimate of drug-likeness (QED) is 0.766. The van der Waals surface area contributed by atoms with Crippen molar-refractivity contribution in [2.24, 2.45) is 0 Å². The molecule has 82 valence electrons. The Morgan fingerprint density at radius 3 is 3.19 bits per heavy atom. The van der Waals surface area contributed by atoms with Gasteiger partial charge in [-0.2, -0.15) is 0 Å². The molecule has 3 rings (SSSR count). The molecule has 1 N–H and O–H groups in total. The molecule has 1 saturated heterocycles. The molecule has 0 unspecified atom stereocenters. The van der Waals surface area contributed by atoms with Crippen LogP contribution >= 0.6 is 0 Å². The Hall–Kier alpha value is -1.77. The molecule has 1 aliphatic heterocycles. The number of fused-ring (bicyclic) bond motifs is 1. The number of carbonyl (C=O) groups excluding carboxylic acids is 1. The number of rotatable bonds is 2. The van der Waals surface area contributed by atoms with E-state index in [-0.39, 0.29) is 6.04 Å². The van der Waals surface area contributed by atoms with E-state index in [9.17, 15) is 4.79 Å². The molecular weight excluding hydrogens is 200 g/mol. The zero-order chi connectivity index (χ0) is 11.0. The molecule has 0 spiro atoms. The van der Waals surface area contributed by atoms with E-state index >= 15 is 0 Å². The number of nitrogens with zero attached hydrogens (tertiary/aromatic N) is 1. The summed E-state index contributed by atoms with van der Waals surface area (Å²) in [5, 5.41) is 1.22. The Labute approximate surface area is 94.1 Å². The van der Waals surface area contributed by atoms with Gasteiger partial charge in [0, 0.05) is 18.3 Å². The molecule has 0 saturated carbocycles. The molecule has 16 heavy (non-hydrogen) atoms. The van der Waals surface area contributed by atoms with Crippen LogP contribution in [-0.4, -0.2) is 22.8 Å². The molecule has 1 aromatic carbocycles. The van der Waals surface area contributed by atoms with Gasteiger partial charge in [-0.15, -0.1) is 0 Å². The second kappa shape index (κ2) is 3.67. The summed E-state index contributed by atoms with van der Waals surface area (Å²) in [4.78, 5) is 16.0. The van der Waals surface area contributed by atoms with Crippen molar-refractivity contribution >= 4 is 17.3 Å². The summed E-state index contributed by atoms with van der Waals surface area (Å²) in [5.41, 5.74) is 2.40. The van der Waals surface area contributed by atoms with Gasteiger partial charge >= 0.3 is 0 Å². The highest BCUT2D eigenvalue weighted by Gasteiger charge is 2.24. The lowest BCUT2D eigenvalue weighted by molar-refractivity contribution is -0.118. The van der Waals surface area contributed by atoms with E-state index in [2.05, 4.69) is 29.2 Å². The largest absolute Gasteiger partial charge is 0.361 e. The van der Waals surface area contributed by atoms with Gasteiger partial charge in [0.2, 0.25) is 6.41 Å². The highest BCUT2D eigenvalue weighted by Crippen LogP contribution is 2.31. The third-order valence-corrected chi connectivity index (χ3v) is 3.39. The van der Waals surface area contributed by atoms with Crippen LogP contribution in [0.15, 0.2) is 30.5 Å². The van der Waals surface area contributed by atoms with Crippen molar-refractivity contribution in [3.8, 4) is 0 Å². The van der Waals surface area contributed by atoms with Crippen LogP contribution in [0.4, 0.5) is 0 Å². The van der Waals surface area contributed by atoms with Crippen LogP contribution in [0.1, 0.15) is 24.4 Å². The predicted octanol–water partition coefficient (Wildman–Crippen LogP) is 2.46. The average Bonchev–Trinajstić information content (AvgIpc) is 2.96. The van der Waals surface area contributed by atoms with Gasteiger partial charge in [-0.3, -0.25) is 4.79 Å². The van der Waals surface area contributed by atoms with Gasteiger partial charge in [-0.1, -0.05) is 6.07 Å². The molecule has 1 fully saturated rings. The summed E-state index contributed by atoms with van der Waals surface area (Å²) < 4.78 is 0. The maximum Gasteiger partial charge on any atom is 0.210 e. The summed E-state index contributed by atoms with van der Waals surface area (Å²) in [5.74, 6) is 0. The van der Waals surface area contributed by atoms with Crippen molar-refractivity contribution in [1.82, 2.24) is 9.88 Å². The third kappa shape index (κ3) is 1.40. The van der Waals surface area contributed by atoms with Crippen molar-refractivity contribution < 1.29 is 4.79 Å². The number of aromatic amines is 1. The second-order valence-corrected chi connectivity index (χ2v) is 4.33. The number of hydrogen-bond acceptors (Lipinski definition) is 1. The van der Waals surface area contributed by atoms with Gasteiger partial charge in [0.05, 0.1) is 6.04 Å². The van der Waals surface area contributed by atoms with Gasteiger partial charge < -0.3 is 9.88 Å². The maximum atomic E-state index is 10.9. The fraction of sp³-hybridized carbons (Fsp3) is 0.308. The second-order valence-electron chi connectivity index (χ2n) is 4.33. The van der Waals surface area contributed by atoms with E-state index in [1.54, 1.807) is 0 Å². The molecule has 0 bridgehead atoms. The number of benzene rings is 1. The summed E-state index contributed by atoms with van der Waals surface area (Å²) in [7, 11) is 0. The SMILES string of the molecule is O=CN1CCC[C@@H]1c1ccc2[nH]ccc2c1. The first-order chi connectivity index (χ1) is 7.88. The zero-order valence-electron chi connectivity index (χ0n) is 9.02. The normalized spacial score (nSPS) is 20.5. The standard InChI is InChI=1S/C13H14N2O/c16-9-15-7-1-2-13(15)11-3-4-12-10(8-11)5-6-14-12/h3-6,8-9,13-14H,1-2,7H2/t13-/m1/s1. The molecule has 1 aromatic heterocycles. The van der Waals surface area contributed by atoms with Crippen molar-refractivity contribution in [3.63, 3.8) is 0 Å². The highest BCUT2D eigenvalue weighted by molar-refractivity contribution is 5.80. The fourth-order valence-electron chi connectivity index (χ4n) is 2.55. The van der Waals surface area contributed by atoms with Crippen molar-refractivity contribution in [3.05, 3.63) is 36.0 Å². The van der Waals surface area contributed by atoms with Crippen molar-refractivity contribution in [1.29, 1.82) is 0 Å². The molecule has 1 aliphatic rings. The van der Waals surface area contributed by atoms with Gasteiger partial charge in [0.15, 0.2) is 0 Å². The molecule has 0 radical (unpaired) electrons. The Balaban J connectivity index is 2.01. The van der Waals surface area contributed by atoms with E-state index in [1.807, 2.05) is 11.1 Å². The minimum absolute atomic E-state index is 0.275. The minimum atomic E-state index is 0.275. The lowest BCUT2D eigenvalue weighted by Gasteiger charge is -2.20. The van der Waals surface area contributed by atoms with Crippen LogP contribution in [-0.2, 0) is 4.79 Å². The van der Waals surface area contributed by atoms with Crippen molar-refractivity contribution in [2.45, 2.75) is 18.9 Å². The summed E-state index contributed by atoms with van der Waals surface area (Å²) >= 11 is 0. The van der Waals surface area contributed by atoms with Crippen LogP contribution in [0.3, 0.4) is 0 Å². The Morgan fingerprint density at radius 1 is 1.38 bits per heavy atom. The molecule has 3 heteroatoms. The summed E-state index contributed by atoms with van der Waals surface area (Å²) in [6.45, 7) is 0.888. The van der Waals surface area contributed by atoms with Crippen LogP contribution in [0.5, 0.6) is 0 Å². The van der Waals surface area contributed by atoms with Gasteiger partial charge in [-0.05, 0) is 42.0 Å². The Morgan fingerprint density at radius 2 is 2.31 bits per heavy atom. The Kier molecular flexibility index (Phi) is 2.17. The van der Waals surface area contributed by atoms with E-state index in [0.29, 0.717) is 0 Å². The lowest BCUT2D eigenvalue weighted by Crippen LogP contribution is -2.20. The first-order valence-electron chi connectivity index (χ1n) is 5.66. The van der Waals surface area contributed by atoms with Crippen LogP contribution in [0.25, 0.3) is 10.9 Å². The monoisotopic (exact) mass is 214 g/mol. The third-order valence-electron chi connectivity index (χ3n) is 3.39. The maximum absolute atomic E-state index is 10.9. The van der Waals surface area contributed by atoms with E-state index in [1.165, 1.54) is 10.9 Å². The number of aromatic nitrogens is 1. The molecule has 2 aromatic rings. The average molecular weight is 214 g/mol. The molecule has 3 nitrogen and oxygen atoms in total. The topological polar surface area (TPSA) is 36.1 Å². The summed E-state index contributed by atoms with van der Waals surface area (Å²) in [6, 6.07) is 8.73. The van der Waals surface area contributed by atoms with Crippen LogP contribution in [0, 0.1) is 0 Å². The van der Waals surface area contributed by atoms with Gasteiger partial charge in [0.1, 0.15) is 0 Å². The van der Waals surface area contributed by atoms with Crippen LogP contribution in [0.2, 0.25) is 0 Å². The van der Waals surface area contributed by atoms with E-state index in [4.69, 9.17) is 0 Å². The van der Waals surface area contributed by atoms with Gasteiger partial charge in [0.25, 0.3) is 0 Å². The fourth-order valence-corrected chi connectivity index (χ4v) is 2.55. The molecule has 1 amide bonds. The number of amides is 1. The van der Waals surface area contributed by atoms with Crippen LogP contribution < -0.4 is 0 Å². The number of hydrogen-bond donors (Lipinski definition) is 1. The van der Waals surface area contributed by atoms with Gasteiger partial charge in [-0.25, -0.2) is 0 Å². The zero-order valence-corrected chi connectivity index (χ0v) is 9.02.